The topological polar surface area (TPSA) is 21.3 Å². The van der Waals surface area contributed by atoms with Crippen LogP contribution in [0.3, 0.4) is 0 Å². The molecule has 0 spiro atoms. The van der Waals surface area contributed by atoms with E-state index in [-0.39, 0.29) is 5.60 Å². The van der Waals surface area contributed by atoms with E-state index in [4.69, 9.17) is 4.74 Å². The molecule has 1 N–H and O–H groups in total. The zero-order valence-corrected chi connectivity index (χ0v) is 11.9. The Kier molecular flexibility index (Phi) is 6.78. The van der Waals surface area contributed by atoms with Gasteiger partial charge in [0, 0.05) is 12.6 Å². The lowest BCUT2D eigenvalue weighted by Gasteiger charge is -2.36. The highest BCUT2D eigenvalue weighted by atomic mass is 32.2. The molecule has 1 rings (SSSR count). The van der Waals surface area contributed by atoms with Gasteiger partial charge in [0.25, 0.3) is 0 Å². The van der Waals surface area contributed by atoms with Crippen LogP contribution in [0.2, 0.25) is 0 Å². The molecule has 3 heteroatoms. The quantitative estimate of drug-likeness (QED) is 0.697. The Morgan fingerprint density at radius 3 is 2.81 bits per heavy atom. The molecule has 1 aliphatic rings. The van der Waals surface area contributed by atoms with Crippen molar-refractivity contribution in [3.05, 3.63) is 0 Å². The van der Waals surface area contributed by atoms with Crippen LogP contribution in [0, 0.1) is 0 Å². The minimum absolute atomic E-state index is 0.0781. The molecule has 1 aliphatic heterocycles. The van der Waals surface area contributed by atoms with Crippen LogP contribution in [-0.4, -0.2) is 36.8 Å². The van der Waals surface area contributed by atoms with E-state index in [0.717, 1.165) is 13.0 Å². The van der Waals surface area contributed by atoms with E-state index in [1.165, 1.54) is 38.0 Å². The number of nitrogens with one attached hydrogen (secondary N) is 1. The van der Waals surface area contributed by atoms with Crippen molar-refractivity contribution in [1.29, 1.82) is 0 Å². The minimum Gasteiger partial charge on any atom is -0.375 e. The van der Waals surface area contributed by atoms with Crippen LogP contribution in [0.15, 0.2) is 0 Å². The normalized spacial score (nSPS) is 24.6. The summed E-state index contributed by atoms with van der Waals surface area (Å²) in [4.78, 5) is 0. The molecule has 1 heterocycles. The summed E-state index contributed by atoms with van der Waals surface area (Å²) in [5.41, 5.74) is 0.0781. The highest BCUT2D eigenvalue weighted by Crippen LogP contribution is 2.23. The fraction of sp³-hybridized carbons (Fsp3) is 1.00. The largest absolute Gasteiger partial charge is 0.375 e. The lowest BCUT2D eigenvalue weighted by atomic mass is 9.94. The second kappa shape index (κ2) is 7.57. The molecule has 1 saturated heterocycles. The fourth-order valence-electron chi connectivity index (χ4n) is 2.26. The molecular formula is C13H27NOS. The molecule has 1 atom stereocenters. The van der Waals surface area contributed by atoms with Gasteiger partial charge in [-0.2, -0.15) is 11.8 Å². The molecule has 16 heavy (non-hydrogen) atoms. The number of hydrogen-bond acceptors (Lipinski definition) is 3. The maximum atomic E-state index is 5.71. The fourth-order valence-corrected chi connectivity index (χ4v) is 2.75. The van der Waals surface area contributed by atoms with Gasteiger partial charge < -0.3 is 10.1 Å². The number of rotatable bonds is 7. The first-order valence-electron chi connectivity index (χ1n) is 6.50. The second-order valence-electron chi connectivity index (χ2n) is 5.31. The molecule has 96 valence electrons. The zero-order chi connectivity index (χ0) is 11.9. The van der Waals surface area contributed by atoms with Gasteiger partial charge in [0.05, 0.1) is 5.60 Å². The van der Waals surface area contributed by atoms with Crippen molar-refractivity contribution in [3.63, 3.8) is 0 Å². The predicted octanol–water partition coefficient (Wildman–Crippen LogP) is 3.07. The van der Waals surface area contributed by atoms with Crippen LogP contribution in [0.5, 0.6) is 0 Å². The maximum Gasteiger partial charge on any atom is 0.0641 e. The molecule has 1 unspecified atom stereocenters. The average molecular weight is 245 g/mol. The summed E-state index contributed by atoms with van der Waals surface area (Å²) < 4.78 is 5.71. The van der Waals surface area contributed by atoms with Gasteiger partial charge in [-0.1, -0.05) is 6.42 Å². The number of ether oxygens (including phenoxy) is 1. The van der Waals surface area contributed by atoms with Crippen LogP contribution in [0.1, 0.15) is 46.0 Å². The summed E-state index contributed by atoms with van der Waals surface area (Å²) in [6.07, 6.45) is 8.55. The van der Waals surface area contributed by atoms with Gasteiger partial charge in [0.1, 0.15) is 0 Å². The van der Waals surface area contributed by atoms with Gasteiger partial charge in [0.2, 0.25) is 0 Å². The second-order valence-corrected chi connectivity index (χ2v) is 6.29. The van der Waals surface area contributed by atoms with Gasteiger partial charge in [-0.25, -0.2) is 0 Å². The Balaban J connectivity index is 2.00. The van der Waals surface area contributed by atoms with Crippen molar-refractivity contribution in [3.8, 4) is 0 Å². The van der Waals surface area contributed by atoms with E-state index in [1.807, 2.05) is 11.8 Å². The summed E-state index contributed by atoms with van der Waals surface area (Å²) >= 11 is 1.95. The first-order chi connectivity index (χ1) is 7.64. The summed E-state index contributed by atoms with van der Waals surface area (Å²) in [5.74, 6) is 1.31. The molecule has 0 radical (unpaired) electrons. The van der Waals surface area contributed by atoms with E-state index < -0.39 is 0 Å². The molecule has 0 aromatic carbocycles. The van der Waals surface area contributed by atoms with Gasteiger partial charge in [-0.15, -0.1) is 0 Å². The lowest BCUT2D eigenvalue weighted by Crippen LogP contribution is -2.43. The van der Waals surface area contributed by atoms with Crippen molar-refractivity contribution in [2.75, 3.05) is 25.2 Å². The standard InChI is InChI=1S/C13H27NOS/c1-13(2)11-12(7-9-15-13)14-8-5-4-6-10-16-3/h12,14H,4-11H2,1-3H3. The number of thioether (sulfide) groups is 1. The van der Waals surface area contributed by atoms with Crippen LogP contribution in [0.25, 0.3) is 0 Å². The first kappa shape index (κ1) is 14.3. The van der Waals surface area contributed by atoms with E-state index in [2.05, 4.69) is 25.4 Å². The predicted molar refractivity (Wildman–Crippen MR) is 73.3 cm³/mol. The van der Waals surface area contributed by atoms with Gasteiger partial charge in [-0.3, -0.25) is 0 Å². The van der Waals surface area contributed by atoms with Crippen LogP contribution in [-0.2, 0) is 4.74 Å². The van der Waals surface area contributed by atoms with E-state index >= 15 is 0 Å². The molecule has 1 fully saturated rings. The minimum atomic E-state index is 0.0781. The summed E-state index contributed by atoms with van der Waals surface area (Å²) in [5, 5.41) is 3.67. The molecule has 2 nitrogen and oxygen atoms in total. The summed E-state index contributed by atoms with van der Waals surface area (Å²) in [6, 6.07) is 0.671. The van der Waals surface area contributed by atoms with Gasteiger partial charge >= 0.3 is 0 Å². The number of hydrogen-bond donors (Lipinski definition) is 1. The third-order valence-electron chi connectivity index (χ3n) is 3.16. The summed E-state index contributed by atoms with van der Waals surface area (Å²) in [7, 11) is 0. The van der Waals surface area contributed by atoms with Crippen LogP contribution < -0.4 is 5.32 Å². The molecule has 0 aromatic rings. The molecule has 0 aromatic heterocycles. The van der Waals surface area contributed by atoms with Crippen LogP contribution >= 0.6 is 11.8 Å². The smallest absolute Gasteiger partial charge is 0.0641 e. The van der Waals surface area contributed by atoms with Crippen molar-refractivity contribution in [1.82, 2.24) is 5.32 Å². The Hall–Kier alpha value is 0.270. The first-order valence-corrected chi connectivity index (χ1v) is 7.90. The third-order valence-corrected chi connectivity index (χ3v) is 3.85. The van der Waals surface area contributed by atoms with Crippen molar-refractivity contribution in [2.45, 2.75) is 57.6 Å². The molecule has 0 saturated carbocycles. The Labute approximate surface area is 105 Å². The molecule has 0 aliphatic carbocycles. The highest BCUT2D eigenvalue weighted by molar-refractivity contribution is 7.98. The Morgan fingerprint density at radius 2 is 2.12 bits per heavy atom. The zero-order valence-electron chi connectivity index (χ0n) is 11.1. The monoisotopic (exact) mass is 245 g/mol. The SMILES string of the molecule is CSCCCCCNC1CCOC(C)(C)C1. The van der Waals surface area contributed by atoms with E-state index in [1.54, 1.807) is 0 Å². The van der Waals surface area contributed by atoms with Crippen molar-refractivity contribution < 1.29 is 4.74 Å². The van der Waals surface area contributed by atoms with Crippen LogP contribution in [0.4, 0.5) is 0 Å². The third kappa shape index (κ3) is 6.12. The molecule has 0 amide bonds. The Bertz CT molecular complexity index is 185. The lowest BCUT2D eigenvalue weighted by molar-refractivity contribution is -0.0627. The molecular weight excluding hydrogens is 218 g/mol. The summed E-state index contributed by atoms with van der Waals surface area (Å²) in [6.45, 7) is 6.48. The van der Waals surface area contributed by atoms with E-state index in [9.17, 15) is 0 Å². The number of unbranched alkanes of at least 4 members (excludes halogenated alkanes) is 2. The maximum absolute atomic E-state index is 5.71. The Morgan fingerprint density at radius 1 is 1.31 bits per heavy atom. The van der Waals surface area contributed by atoms with E-state index in [0.29, 0.717) is 6.04 Å². The van der Waals surface area contributed by atoms with Gasteiger partial charge in [-0.05, 0) is 58.1 Å². The van der Waals surface area contributed by atoms with Crippen molar-refractivity contribution >= 4 is 11.8 Å². The highest BCUT2D eigenvalue weighted by Gasteiger charge is 2.28. The molecule has 0 bridgehead atoms. The van der Waals surface area contributed by atoms with Gasteiger partial charge in [0.15, 0.2) is 0 Å². The van der Waals surface area contributed by atoms with Crippen molar-refractivity contribution in [2.24, 2.45) is 0 Å². The average Bonchev–Trinajstić information content (AvgIpc) is 2.22.